The maximum Gasteiger partial charge on any atom is 0.159 e. The first-order valence-electron chi connectivity index (χ1n) is 5.93. The summed E-state index contributed by atoms with van der Waals surface area (Å²) in [7, 11) is 0. The topological polar surface area (TPSA) is 26.3 Å². The van der Waals surface area contributed by atoms with Crippen LogP contribution < -0.4 is 4.74 Å². The Morgan fingerprint density at radius 3 is 2.76 bits per heavy atom. The number of rotatable bonds is 3. The Bertz CT molecular complexity index is 454. The molecule has 1 heterocycles. The third-order valence-electron chi connectivity index (χ3n) is 2.78. The van der Waals surface area contributed by atoms with Crippen LogP contribution >= 0.6 is 11.8 Å². The van der Waals surface area contributed by atoms with Gasteiger partial charge in [0.15, 0.2) is 10.7 Å². The molecule has 92 valence electrons. The van der Waals surface area contributed by atoms with Crippen LogP contribution in [0.25, 0.3) is 0 Å². The molecule has 1 unspecified atom stereocenters. The van der Waals surface area contributed by atoms with E-state index in [2.05, 4.69) is 20.8 Å². The SMILES string of the molecule is CC(=O)c1ccc2c(c1)SC(C)(CC(C)C)O2. The lowest BCUT2D eigenvalue weighted by Gasteiger charge is -2.24. The Kier molecular flexibility index (Phi) is 3.21. The van der Waals surface area contributed by atoms with Gasteiger partial charge in [0.25, 0.3) is 0 Å². The van der Waals surface area contributed by atoms with Crippen LogP contribution in [-0.4, -0.2) is 10.7 Å². The number of benzene rings is 1. The average molecular weight is 250 g/mol. The molecule has 0 amide bonds. The summed E-state index contributed by atoms with van der Waals surface area (Å²) in [4.78, 5) is 12.2. The lowest BCUT2D eigenvalue weighted by atomic mass is 10.1. The molecular formula is C14H18O2S. The van der Waals surface area contributed by atoms with Crippen molar-refractivity contribution in [3.05, 3.63) is 23.8 Å². The van der Waals surface area contributed by atoms with Gasteiger partial charge in [0.1, 0.15) is 5.75 Å². The van der Waals surface area contributed by atoms with Crippen molar-refractivity contribution >= 4 is 17.5 Å². The predicted octanol–water partition coefficient (Wildman–Crippen LogP) is 4.14. The van der Waals surface area contributed by atoms with Crippen molar-refractivity contribution in [1.82, 2.24) is 0 Å². The third-order valence-corrected chi connectivity index (χ3v) is 4.00. The number of hydrogen-bond acceptors (Lipinski definition) is 3. The Balaban J connectivity index is 2.24. The maximum absolute atomic E-state index is 11.3. The second-order valence-corrected chi connectivity index (χ2v) is 6.66. The fourth-order valence-electron chi connectivity index (χ4n) is 2.20. The monoisotopic (exact) mass is 250 g/mol. The number of ether oxygens (including phenoxy) is 1. The fourth-order valence-corrected chi connectivity index (χ4v) is 3.61. The lowest BCUT2D eigenvalue weighted by molar-refractivity contribution is 0.101. The standard InChI is InChI=1S/C14H18O2S/c1-9(2)8-14(4)16-12-6-5-11(10(3)15)7-13(12)17-14/h5-7,9H,8H2,1-4H3. The van der Waals surface area contributed by atoms with Gasteiger partial charge in [-0.05, 0) is 44.4 Å². The summed E-state index contributed by atoms with van der Waals surface area (Å²) in [6.45, 7) is 8.10. The summed E-state index contributed by atoms with van der Waals surface area (Å²) >= 11 is 1.72. The van der Waals surface area contributed by atoms with Crippen LogP contribution in [0.3, 0.4) is 0 Å². The molecule has 3 heteroatoms. The molecule has 0 N–H and O–H groups in total. The molecule has 1 atom stereocenters. The number of fused-ring (bicyclic) bond motifs is 1. The molecule has 2 rings (SSSR count). The van der Waals surface area contributed by atoms with Gasteiger partial charge in [-0.15, -0.1) is 0 Å². The van der Waals surface area contributed by atoms with E-state index in [9.17, 15) is 4.79 Å². The second kappa shape index (κ2) is 4.37. The van der Waals surface area contributed by atoms with Crippen LogP contribution in [0.4, 0.5) is 0 Å². The van der Waals surface area contributed by atoms with Crippen molar-refractivity contribution in [1.29, 1.82) is 0 Å². The van der Waals surface area contributed by atoms with Crippen molar-refractivity contribution in [3.8, 4) is 5.75 Å². The van der Waals surface area contributed by atoms with E-state index in [1.54, 1.807) is 18.7 Å². The molecule has 2 nitrogen and oxygen atoms in total. The van der Waals surface area contributed by atoms with Crippen molar-refractivity contribution in [2.75, 3.05) is 0 Å². The number of hydrogen-bond donors (Lipinski definition) is 0. The second-order valence-electron chi connectivity index (χ2n) is 5.15. The highest BCUT2D eigenvalue weighted by Crippen LogP contribution is 2.50. The first-order valence-corrected chi connectivity index (χ1v) is 6.74. The first-order chi connectivity index (χ1) is 7.89. The van der Waals surface area contributed by atoms with Gasteiger partial charge in [0, 0.05) is 5.56 Å². The smallest absolute Gasteiger partial charge is 0.159 e. The molecule has 17 heavy (non-hydrogen) atoms. The summed E-state index contributed by atoms with van der Waals surface area (Å²) in [5, 5.41) is 0. The number of carbonyl (C=O) groups is 1. The van der Waals surface area contributed by atoms with Crippen LogP contribution in [-0.2, 0) is 0 Å². The number of Topliss-reactive ketones (excluding diaryl/α,β-unsaturated/α-hetero) is 1. The van der Waals surface area contributed by atoms with E-state index in [0.717, 1.165) is 22.6 Å². The molecule has 1 aliphatic rings. The third kappa shape index (κ3) is 2.65. The van der Waals surface area contributed by atoms with Crippen LogP contribution in [0, 0.1) is 5.92 Å². The molecule has 0 saturated heterocycles. The molecule has 0 aromatic heterocycles. The first kappa shape index (κ1) is 12.5. The Morgan fingerprint density at radius 1 is 1.47 bits per heavy atom. The minimum absolute atomic E-state index is 0.103. The molecule has 1 aromatic carbocycles. The van der Waals surface area contributed by atoms with Gasteiger partial charge in [-0.3, -0.25) is 4.79 Å². The molecule has 0 saturated carbocycles. The van der Waals surface area contributed by atoms with Crippen LogP contribution in [0.15, 0.2) is 23.1 Å². The Morgan fingerprint density at radius 2 is 2.18 bits per heavy atom. The highest BCUT2D eigenvalue weighted by Gasteiger charge is 2.36. The van der Waals surface area contributed by atoms with Gasteiger partial charge in [-0.1, -0.05) is 25.6 Å². The summed E-state index contributed by atoms with van der Waals surface area (Å²) in [5.74, 6) is 1.60. The van der Waals surface area contributed by atoms with Crippen LogP contribution in [0.1, 0.15) is 44.5 Å². The quantitative estimate of drug-likeness (QED) is 0.754. The molecule has 0 radical (unpaired) electrons. The van der Waals surface area contributed by atoms with Gasteiger partial charge in [0.2, 0.25) is 0 Å². The van der Waals surface area contributed by atoms with E-state index < -0.39 is 0 Å². The van der Waals surface area contributed by atoms with E-state index in [0.29, 0.717) is 5.92 Å². The molecule has 0 aliphatic carbocycles. The highest BCUT2D eigenvalue weighted by atomic mass is 32.2. The zero-order chi connectivity index (χ0) is 12.6. The van der Waals surface area contributed by atoms with Crippen LogP contribution in [0.5, 0.6) is 5.75 Å². The predicted molar refractivity (Wildman–Crippen MR) is 70.8 cm³/mol. The zero-order valence-electron chi connectivity index (χ0n) is 10.7. The highest BCUT2D eigenvalue weighted by molar-refractivity contribution is 8.00. The Labute approximate surface area is 107 Å². The summed E-state index contributed by atoms with van der Waals surface area (Å²) in [5.41, 5.74) is 0.758. The van der Waals surface area contributed by atoms with E-state index in [1.165, 1.54) is 0 Å². The number of carbonyl (C=O) groups excluding carboxylic acids is 1. The average Bonchev–Trinajstić information content (AvgIpc) is 2.50. The van der Waals surface area contributed by atoms with Crippen molar-refractivity contribution in [2.45, 2.75) is 43.9 Å². The van der Waals surface area contributed by atoms with Gasteiger partial charge >= 0.3 is 0 Å². The van der Waals surface area contributed by atoms with Crippen molar-refractivity contribution in [2.24, 2.45) is 5.92 Å². The lowest BCUT2D eigenvalue weighted by Crippen LogP contribution is -2.26. The molecular weight excluding hydrogens is 232 g/mol. The molecule has 0 bridgehead atoms. The van der Waals surface area contributed by atoms with Gasteiger partial charge in [0.05, 0.1) is 4.90 Å². The Hall–Kier alpha value is -0.960. The molecule has 1 aliphatic heterocycles. The van der Waals surface area contributed by atoms with E-state index in [-0.39, 0.29) is 10.7 Å². The normalized spacial score (nSPS) is 22.4. The van der Waals surface area contributed by atoms with Gasteiger partial charge < -0.3 is 4.74 Å². The number of thioether (sulfide) groups is 1. The zero-order valence-corrected chi connectivity index (χ0v) is 11.6. The van der Waals surface area contributed by atoms with Crippen molar-refractivity contribution < 1.29 is 9.53 Å². The minimum atomic E-state index is -0.189. The van der Waals surface area contributed by atoms with Crippen molar-refractivity contribution in [3.63, 3.8) is 0 Å². The molecule has 0 fully saturated rings. The van der Waals surface area contributed by atoms with Crippen LogP contribution in [0.2, 0.25) is 0 Å². The summed E-state index contributed by atoms with van der Waals surface area (Å²) < 4.78 is 5.99. The summed E-state index contributed by atoms with van der Waals surface area (Å²) in [6, 6.07) is 5.68. The molecule has 1 aromatic rings. The summed E-state index contributed by atoms with van der Waals surface area (Å²) in [6.07, 6.45) is 1.00. The fraction of sp³-hybridized carbons (Fsp3) is 0.500. The van der Waals surface area contributed by atoms with E-state index in [1.807, 2.05) is 18.2 Å². The van der Waals surface area contributed by atoms with Gasteiger partial charge in [-0.25, -0.2) is 0 Å². The van der Waals surface area contributed by atoms with E-state index in [4.69, 9.17) is 4.74 Å². The van der Waals surface area contributed by atoms with E-state index >= 15 is 0 Å². The molecule has 0 spiro atoms. The number of ketones is 1. The van der Waals surface area contributed by atoms with Gasteiger partial charge in [-0.2, -0.15) is 0 Å². The maximum atomic E-state index is 11.3. The largest absolute Gasteiger partial charge is 0.475 e. The minimum Gasteiger partial charge on any atom is -0.475 e.